The van der Waals surface area contributed by atoms with Gasteiger partial charge in [-0.25, -0.2) is 9.37 Å². The van der Waals surface area contributed by atoms with E-state index in [1.165, 1.54) is 12.1 Å². The summed E-state index contributed by atoms with van der Waals surface area (Å²) < 4.78 is 13.2. The molecule has 0 spiro atoms. The van der Waals surface area contributed by atoms with Gasteiger partial charge in [0.25, 0.3) is 0 Å². The minimum absolute atomic E-state index is 0.133. The zero-order valence-electron chi connectivity index (χ0n) is 14.0. The molecular formula is C18H20ClFN4O. The highest BCUT2D eigenvalue weighted by molar-refractivity contribution is 6.29. The van der Waals surface area contributed by atoms with E-state index >= 15 is 0 Å². The van der Waals surface area contributed by atoms with Gasteiger partial charge in [0, 0.05) is 43.8 Å². The quantitative estimate of drug-likeness (QED) is 0.849. The van der Waals surface area contributed by atoms with Crippen LogP contribution in [0.3, 0.4) is 0 Å². The molecule has 2 heterocycles. The average Bonchev–Trinajstić information content (AvgIpc) is 2.61. The van der Waals surface area contributed by atoms with Gasteiger partial charge in [0.1, 0.15) is 11.0 Å². The predicted octanol–water partition coefficient (Wildman–Crippen LogP) is 3.02. The molecule has 132 valence electrons. The minimum atomic E-state index is -0.366. The summed E-state index contributed by atoms with van der Waals surface area (Å²) in [5.74, 6) is -0.499. The van der Waals surface area contributed by atoms with Crippen LogP contribution < -0.4 is 10.2 Å². The summed E-state index contributed by atoms with van der Waals surface area (Å²) in [6, 6.07) is 9.41. The van der Waals surface area contributed by atoms with Gasteiger partial charge in [0.15, 0.2) is 0 Å². The molecule has 1 aromatic carbocycles. The van der Waals surface area contributed by atoms with E-state index in [1.807, 2.05) is 19.1 Å². The fraction of sp³-hybridized carbons (Fsp3) is 0.333. The van der Waals surface area contributed by atoms with E-state index in [-0.39, 0.29) is 17.8 Å². The van der Waals surface area contributed by atoms with Crippen LogP contribution in [-0.2, 0) is 4.79 Å². The molecule has 1 aromatic heterocycles. The van der Waals surface area contributed by atoms with Crippen LogP contribution in [0.15, 0.2) is 42.6 Å². The largest absolute Gasteiger partial charge is 0.369 e. The molecule has 0 bridgehead atoms. The van der Waals surface area contributed by atoms with Gasteiger partial charge in [-0.1, -0.05) is 17.7 Å². The molecule has 0 radical (unpaired) electrons. The maximum Gasteiger partial charge on any atom is 0.241 e. The van der Waals surface area contributed by atoms with Crippen molar-refractivity contribution < 1.29 is 9.18 Å². The van der Waals surface area contributed by atoms with Gasteiger partial charge >= 0.3 is 0 Å². The molecule has 5 nitrogen and oxygen atoms in total. The Hall–Kier alpha value is -2.18. The highest BCUT2D eigenvalue weighted by atomic mass is 35.5. The summed E-state index contributed by atoms with van der Waals surface area (Å²) >= 11 is 5.95. The first-order chi connectivity index (χ1) is 12.0. The Balaban J connectivity index is 1.56. The van der Waals surface area contributed by atoms with Crippen LogP contribution in [0.5, 0.6) is 0 Å². The van der Waals surface area contributed by atoms with Gasteiger partial charge < -0.3 is 10.2 Å². The summed E-state index contributed by atoms with van der Waals surface area (Å²) in [6.07, 6.45) is 1.69. The first-order valence-electron chi connectivity index (χ1n) is 8.20. The van der Waals surface area contributed by atoms with E-state index in [9.17, 15) is 9.18 Å². The normalized spacial score (nSPS) is 16.5. The van der Waals surface area contributed by atoms with Gasteiger partial charge in [-0.15, -0.1) is 0 Å². The highest BCUT2D eigenvalue weighted by Crippen LogP contribution is 2.20. The van der Waals surface area contributed by atoms with Crippen LogP contribution >= 0.6 is 11.6 Å². The molecule has 1 unspecified atom stereocenters. The number of nitrogens with zero attached hydrogens (tertiary/aromatic N) is 3. The third-order valence-electron chi connectivity index (χ3n) is 4.41. The number of piperazine rings is 1. The van der Waals surface area contributed by atoms with Crippen LogP contribution in [0.25, 0.3) is 0 Å². The van der Waals surface area contributed by atoms with Crippen molar-refractivity contribution >= 4 is 28.9 Å². The summed E-state index contributed by atoms with van der Waals surface area (Å²) in [5, 5.41) is 3.25. The molecule has 1 aliphatic rings. The molecule has 1 atom stereocenters. The fourth-order valence-corrected chi connectivity index (χ4v) is 3.10. The number of amides is 1. The monoisotopic (exact) mass is 362 g/mol. The van der Waals surface area contributed by atoms with Gasteiger partial charge in [-0.05, 0) is 37.3 Å². The van der Waals surface area contributed by atoms with E-state index in [0.29, 0.717) is 10.8 Å². The van der Waals surface area contributed by atoms with Crippen molar-refractivity contribution in [1.29, 1.82) is 0 Å². The topological polar surface area (TPSA) is 48.5 Å². The number of aromatic nitrogens is 1. The zero-order chi connectivity index (χ0) is 17.8. The highest BCUT2D eigenvalue weighted by Gasteiger charge is 2.25. The van der Waals surface area contributed by atoms with Crippen molar-refractivity contribution in [2.24, 2.45) is 0 Å². The van der Waals surface area contributed by atoms with Gasteiger partial charge in [0.05, 0.1) is 6.04 Å². The number of benzene rings is 1. The second-order valence-electron chi connectivity index (χ2n) is 6.04. The molecular weight excluding hydrogens is 343 g/mol. The van der Waals surface area contributed by atoms with Crippen LogP contribution in [0, 0.1) is 5.82 Å². The number of carbonyl (C=O) groups excluding carboxylic acids is 1. The lowest BCUT2D eigenvalue weighted by atomic mass is 10.2. The predicted molar refractivity (Wildman–Crippen MR) is 97.5 cm³/mol. The standard InChI is InChI=1S/C18H20ClFN4O/c1-13(18(25)22-15-4-2-3-14(20)11-15)23-7-9-24(10-8-23)16-5-6-21-17(19)12-16/h2-6,11-13H,7-10H2,1H3,(H,22,25). The van der Waals surface area contributed by atoms with Gasteiger partial charge in [0.2, 0.25) is 5.91 Å². The average molecular weight is 363 g/mol. The number of anilines is 2. The van der Waals surface area contributed by atoms with Crippen LogP contribution in [0.1, 0.15) is 6.92 Å². The summed E-state index contributed by atoms with van der Waals surface area (Å²) in [5.41, 5.74) is 1.51. The van der Waals surface area contributed by atoms with Crippen LogP contribution in [-0.4, -0.2) is 48.0 Å². The van der Waals surface area contributed by atoms with Crippen molar-refractivity contribution in [2.45, 2.75) is 13.0 Å². The Labute approximate surface area is 151 Å². The molecule has 0 saturated carbocycles. The summed E-state index contributed by atoms with van der Waals surface area (Å²) in [6.45, 7) is 5.00. The Bertz CT molecular complexity index is 749. The van der Waals surface area contributed by atoms with Gasteiger partial charge in [-0.3, -0.25) is 9.69 Å². The summed E-state index contributed by atoms with van der Waals surface area (Å²) in [4.78, 5) is 20.7. The molecule has 1 fully saturated rings. The first-order valence-corrected chi connectivity index (χ1v) is 8.58. The van der Waals surface area contributed by atoms with Crippen molar-refractivity contribution in [1.82, 2.24) is 9.88 Å². The van der Waals surface area contributed by atoms with Gasteiger partial charge in [-0.2, -0.15) is 0 Å². The van der Waals surface area contributed by atoms with Crippen molar-refractivity contribution in [2.75, 3.05) is 36.4 Å². The number of hydrogen-bond acceptors (Lipinski definition) is 4. The zero-order valence-corrected chi connectivity index (χ0v) is 14.7. The number of carbonyl (C=O) groups is 1. The summed E-state index contributed by atoms with van der Waals surface area (Å²) in [7, 11) is 0. The number of hydrogen-bond donors (Lipinski definition) is 1. The SMILES string of the molecule is CC(C(=O)Nc1cccc(F)c1)N1CCN(c2ccnc(Cl)c2)CC1. The first kappa shape index (κ1) is 17.6. The molecule has 1 saturated heterocycles. The number of nitrogens with one attached hydrogen (secondary N) is 1. The van der Waals surface area contributed by atoms with Crippen LogP contribution in [0.4, 0.5) is 15.8 Å². The molecule has 25 heavy (non-hydrogen) atoms. The Morgan fingerprint density at radius 1 is 1.24 bits per heavy atom. The lowest BCUT2D eigenvalue weighted by molar-refractivity contribution is -0.120. The van der Waals surface area contributed by atoms with Crippen molar-refractivity contribution in [3.63, 3.8) is 0 Å². The number of rotatable bonds is 4. The Kier molecular flexibility index (Phi) is 5.50. The van der Waals surface area contributed by atoms with E-state index in [2.05, 4.69) is 20.1 Å². The third kappa shape index (κ3) is 4.46. The van der Waals surface area contributed by atoms with Crippen molar-refractivity contribution in [3.05, 3.63) is 53.6 Å². The third-order valence-corrected chi connectivity index (χ3v) is 4.62. The molecule has 1 aliphatic heterocycles. The lowest BCUT2D eigenvalue weighted by Gasteiger charge is -2.38. The van der Waals surface area contributed by atoms with Crippen LogP contribution in [0.2, 0.25) is 5.15 Å². The molecule has 1 amide bonds. The van der Waals surface area contributed by atoms with E-state index in [0.717, 1.165) is 31.9 Å². The molecule has 1 N–H and O–H groups in total. The maximum absolute atomic E-state index is 13.2. The number of halogens is 2. The molecule has 2 aromatic rings. The van der Waals surface area contributed by atoms with E-state index in [1.54, 1.807) is 18.3 Å². The second kappa shape index (κ2) is 7.80. The van der Waals surface area contributed by atoms with Crippen molar-refractivity contribution in [3.8, 4) is 0 Å². The molecule has 3 rings (SSSR count). The Morgan fingerprint density at radius 3 is 2.68 bits per heavy atom. The van der Waals surface area contributed by atoms with E-state index in [4.69, 9.17) is 11.6 Å². The second-order valence-corrected chi connectivity index (χ2v) is 6.42. The fourth-order valence-electron chi connectivity index (χ4n) is 2.94. The minimum Gasteiger partial charge on any atom is -0.369 e. The molecule has 7 heteroatoms. The number of pyridine rings is 1. The Morgan fingerprint density at radius 2 is 2.00 bits per heavy atom. The van der Waals surface area contributed by atoms with E-state index < -0.39 is 0 Å². The smallest absolute Gasteiger partial charge is 0.241 e. The lowest BCUT2D eigenvalue weighted by Crippen LogP contribution is -2.52. The maximum atomic E-state index is 13.2. The molecule has 0 aliphatic carbocycles.